The Morgan fingerprint density at radius 3 is 2.75 bits per heavy atom. The van der Waals surface area contributed by atoms with E-state index in [0.717, 1.165) is 12.1 Å². The standard InChI is InChI=1S/C19H28N4O3S2/c1-15(18-8-5-11-27-18)13-21-19(20-2)22-14-16-6-4-7-17(12-16)28(24,25)23-9-10-26-3/h4-8,11-12,15,23H,9-10,13-14H2,1-3H3,(H2,20,21,22). The molecule has 9 heteroatoms. The zero-order valence-electron chi connectivity index (χ0n) is 16.4. The van der Waals surface area contributed by atoms with Crippen molar-refractivity contribution in [3.8, 4) is 0 Å². The molecule has 3 N–H and O–H groups in total. The number of thiophene rings is 1. The van der Waals surface area contributed by atoms with Crippen LogP contribution in [0.2, 0.25) is 0 Å². The second-order valence-corrected chi connectivity index (χ2v) is 9.01. The summed E-state index contributed by atoms with van der Waals surface area (Å²) in [7, 11) is -0.304. The van der Waals surface area contributed by atoms with Gasteiger partial charge in [-0.05, 0) is 29.1 Å². The molecule has 1 aromatic heterocycles. The molecule has 0 saturated carbocycles. The third-order valence-electron chi connectivity index (χ3n) is 4.10. The van der Waals surface area contributed by atoms with Gasteiger partial charge in [0.2, 0.25) is 10.0 Å². The van der Waals surface area contributed by atoms with Crippen molar-refractivity contribution in [1.82, 2.24) is 15.4 Å². The first-order chi connectivity index (χ1) is 13.5. The normalized spacial score (nSPS) is 13.3. The summed E-state index contributed by atoms with van der Waals surface area (Å²) in [5.41, 5.74) is 0.851. The van der Waals surface area contributed by atoms with Crippen LogP contribution in [0.4, 0.5) is 0 Å². The van der Waals surface area contributed by atoms with E-state index >= 15 is 0 Å². The fraction of sp³-hybridized carbons (Fsp3) is 0.421. The van der Waals surface area contributed by atoms with Crippen LogP contribution in [-0.2, 0) is 21.3 Å². The molecule has 1 unspecified atom stereocenters. The predicted molar refractivity (Wildman–Crippen MR) is 114 cm³/mol. The van der Waals surface area contributed by atoms with Crippen molar-refractivity contribution in [3.05, 3.63) is 52.2 Å². The van der Waals surface area contributed by atoms with Gasteiger partial charge < -0.3 is 15.4 Å². The zero-order valence-corrected chi connectivity index (χ0v) is 18.1. The van der Waals surface area contributed by atoms with Crippen LogP contribution in [0.5, 0.6) is 0 Å². The van der Waals surface area contributed by atoms with Crippen LogP contribution in [0.1, 0.15) is 23.3 Å². The summed E-state index contributed by atoms with van der Waals surface area (Å²) in [6.45, 7) is 3.95. The number of nitrogens with zero attached hydrogens (tertiary/aromatic N) is 1. The molecule has 1 atom stereocenters. The lowest BCUT2D eigenvalue weighted by atomic mass is 10.1. The Bertz CT molecular complexity index is 852. The molecule has 0 aliphatic carbocycles. The van der Waals surface area contributed by atoms with E-state index in [0.29, 0.717) is 25.0 Å². The van der Waals surface area contributed by atoms with Crippen molar-refractivity contribution in [2.24, 2.45) is 4.99 Å². The average molecular weight is 425 g/mol. The van der Waals surface area contributed by atoms with E-state index < -0.39 is 10.0 Å². The van der Waals surface area contributed by atoms with Crippen LogP contribution < -0.4 is 15.4 Å². The molecule has 0 spiro atoms. The first-order valence-corrected chi connectivity index (χ1v) is 11.4. The minimum Gasteiger partial charge on any atom is -0.383 e. The van der Waals surface area contributed by atoms with Gasteiger partial charge in [0.25, 0.3) is 0 Å². The second-order valence-electron chi connectivity index (χ2n) is 6.26. The Labute approximate surface area is 171 Å². The molecule has 2 aromatic rings. The number of ether oxygens (including phenoxy) is 1. The average Bonchev–Trinajstić information content (AvgIpc) is 3.23. The van der Waals surface area contributed by atoms with E-state index in [1.165, 1.54) is 12.0 Å². The van der Waals surface area contributed by atoms with E-state index in [4.69, 9.17) is 4.74 Å². The minimum atomic E-state index is -3.55. The monoisotopic (exact) mass is 424 g/mol. The lowest BCUT2D eigenvalue weighted by Gasteiger charge is -2.15. The number of hydrogen-bond donors (Lipinski definition) is 3. The molecule has 0 saturated heterocycles. The smallest absolute Gasteiger partial charge is 0.240 e. The van der Waals surface area contributed by atoms with E-state index in [-0.39, 0.29) is 11.4 Å². The summed E-state index contributed by atoms with van der Waals surface area (Å²) < 4.78 is 32.0. The molecule has 0 radical (unpaired) electrons. The molecule has 0 aliphatic rings. The van der Waals surface area contributed by atoms with Gasteiger partial charge >= 0.3 is 0 Å². The Morgan fingerprint density at radius 2 is 2.07 bits per heavy atom. The molecular weight excluding hydrogens is 396 g/mol. The summed E-state index contributed by atoms with van der Waals surface area (Å²) in [5.74, 6) is 1.06. The van der Waals surface area contributed by atoms with Crippen molar-refractivity contribution < 1.29 is 13.2 Å². The van der Waals surface area contributed by atoms with Gasteiger partial charge in [-0.3, -0.25) is 4.99 Å². The molecular formula is C19H28N4O3S2. The zero-order chi connectivity index (χ0) is 20.4. The minimum absolute atomic E-state index is 0.233. The largest absolute Gasteiger partial charge is 0.383 e. The van der Waals surface area contributed by atoms with Crippen molar-refractivity contribution in [3.63, 3.8) is 0 Å². The number of hydrogen-bond acceptors (Lipinski definition) is 5. The maximum absolute atomic E-state index is 12.3. The van der Waals surface area contributed by atoms with Gasteiger partial charge in [-0.1, -0.05) is 25.1 Å². The molecule has 0 aliphatic heterocycles. The topological polar surface area (TPSA) is 91.8 Å². The lowest BCUT2D eigenvalue weighted by Crippen LogP contribution is -2.38. The fourth-order valence-corrected chi connectivity index (χ4v) is 4.38. The molecule has 0 fully saturated rings. The number of rotatable bonds is 10. The lowest BCUT2D eigenvalue weighted by molar-refractivity contribution is 0.204. The van der Waals surface area contributed by atoms with Gasteiger partial charge in [0.1, 0.15) is 0 Å². The highest BCUT2D eigenvalue weighted by molar-refractivity contribution is 7.89. The molecule has 0 bridgehead atoms. The van der Waals surface area contributed by atoms with Crippen LogP contribution in [0, 0.1) is 0 Å². The van der Waals surface area contributed by atoms with Crippen LogP contribution >= 0.6 is 11.3 Å². The van der Waals surface area contributed by atoms with Crippen LogP contribution in [0.3, 0.4) is 0 Å². The van der Waals surface area contributed by atoms with Crippen LogP contribution in [0.15, 0.2) is 51.7 Å². The van der Waals surface area contributed by atoms with Crippen LogP contribution in [0.25, 0.3) is 0 Å². The predicted octanol–water partition coefficient (Wildman–Crippen LogP) is 2.14. The van der Waals surface area contributed by atoms with E-state index in [1.54, 1.807) is 36.6 Å². The first-order valence-electron chi connectivity index (χ1n) is 9.01. The van der Waals surface area contributed by atoms with Gasteiger partial charge in [0.05, 0.1) is 11.5 Å². The third-order valence-corrected chi connectivity index (χ3v) is 6.66. The Kier molecular flexibility index (Phi) is 8.91. The van der Waals surface area contributed by atoms with Crippen molar-refractivity contribution >= 4 is 27.3 Å². The summed E-state index contributed by atoms with van der Waals surface area (Å²) >= 11 is 1.74. The maximum atomic E-state index is 12.3. The van der Waals surface area contributed by atoms with Crippen molar-refractivity contribution in [2.75, 3.05) is 33.9 Å². The molecule has 7 nitrogen and oxygen atoms in total. The SMILES string of the molecule is CN=C(NCc1cccc(S(=O)(=O)NCCOC)c1)NCC(C)c1cccs1. The summed E-state index contributed by atoms with van der Waals surface area (Å²) in [6, 6.07) is 11.0. The summed E-state index contributed by atoms with van der Waals surface area (Å²) in [4.78, 5) is 5.79. The quantitative estimate of drug-likeness (QED) is 0.309. The van der Waals surface area contributed by atoms with Gasteiger partial charge in [0, 0.05) is 44.6 Å². The fourth-order valence-electron chi connectivity index (χ4n) is 2.51. The number of sulfonamides is 1. The van der Waals surface area contributed by atoms with E-state index in [2.05, 4.69) is 44.8 Å². The van der Waals surface area contributed by atoms with Gasteiger partial charge in [0.15, 0.2) is 5.96 Å². The second kappa shape index (κ2) is 11.2. The highest BCUT2D eigenvalue weighted by atomic mass is 32.2. The number of nitrogens with one attached hydrogen (secondary N) is 3. The van der Waals surface area contributed by atoms with Gasteiger partial charge in [-0.15, -0.1) is 11.3 Å². The summed E-state index contributed by atoms with van der Waals surface area (Å²) in [5, 5.41) is 8.61. The molecule has 0 amide bonds. The summed E-state index contributed by atoms with van der Waals surface area (Å²) in [6.07, 6.45) is 0. The molecule has 1 aromatic carbocycles. The number of methoxy groups -OCH3 is 1. The van der Waals surface area contributed by atoms with E-state index in [1.807, 2.05) is 6.07 Å². The molecule has 154 valence electrons. The highest BCUT2D eigenvalue weighted by Gasteiger charge is 2.14. The third kappa shape index (κ3) is 6.90. The Morgan fingerprint density at radius 1 is 1.25 bits per heavy atom. The van der Waals surface area contributed by atoms with Gasteiger partial charge in [-0.25, -0.2) is 13.1 Å². The number of aliphatic imine (C=N–C) groups is 1. The first kappa shape index (κ1) is 22.4. The van der Waals surface area contributed by atoms with E-state index in [9.17, 15) is 8.42 Å². The maximum Gasteiger partial charge on any atom is 0.240 e. The number of guanidine groups is 1. The molecule has 2 rings (SSSR count). The van der Waals surface area contributed by atoms with Gasteiger partial charge in [-0.2, -0.15) is 0 Å². The number of benzene rings is 1. The highest BCUT2D eigenvalue weighted by Crippen LogP contribution is 2.19. The molecule has 28 heavy (non-hydrogen) atoms. The Hall–Kier alpha value is -1.94. The van der Waals surface area contributed by atoms with Crippen molar-refractivity contribution in [1.29, 1.82) is 0 Å². The van der Waals surface area contributed by atoms with Crippen molar-refractivity contribution in [2.45, 2.75) is 24.3 Å². The Balaban J connectivity index is 1.90. The molecule has 1 heterocycles. The van der Waals surface area contributed by atoms with Crippen LogP contribution in [-0.4, -0.2) is 48.2 Å².